The van der Waals surface area contributed by atoms with Crippen molar-refractivity contribution in [1.29, 1.82) is 0 Å². The molecule has 0 spiro atoms. The van der Waals surface area contributed by atoms with Gasteiger partial charge in [0.15, 0.2) is 0 Å². The van der Waals surface area contributed by atoms with Gasteiger partial charge in [0.25, 0.3) is 0 Å². The van der Waals surface area contributed by atoms with Crippen LogP contribution in [-0.2, 0) is 26.2 Å². The smallest absolute Gasteiger partial charge is 0.407 e. The maximum atomic E-state index is 13.0. The quantitative estimate of drug-likeness (QED) is 0.559. The molecule has 2 amide bonds. The molecule has 172 valence electrons. The van der Waals surface area contributed by atoms with E-state index in [1.807, 2.05) is 30.3 Å². The lowest BCUT2D eigenvalue weighted by atomic mass is 10.2. The lowest BCUT2D eigenvalue weighted by Crippen LogP contribution is -2.36. The Morgan fingerprint density at radius 3 is 2.38 bits per heavy atom. The van der Waals surface area contributed by atoms with E-state index in [-0.39, 0.29) is 36.1 Å². The van der Waals surface area contributed by atoms with Crippen LogP contribution in [0.1, 0.15) is 37.7 Å². The SMILES string of the molecule is O=C(CCCNC(=O)OCc1ccccc1)Nc1ccccc1S(=O)(=O)N1CCCCC1. The lowest BCUT2D eigenvalue weighted by Gasteiger charge is -2.26. The second-order valence-corrected chi connectivity index (χ2v) is 9.51. The highest BCUT2D eigenvalue weighted by Crippen LogP contribution is 2.26. The Morgan fingerprint density at radius 2 is 1.62 bits per heavy atom. The van der Waals surface area contributed by atoms with Crippen molar-refractivity contribution in [1.82, 2.24) is 9.62 Å². The molecule has 1 heterocycles. The number of hydrogen-bond acceptors (Lipinski definition) is 5. The normalized spacial score (nSPS) is 14.5. The van der Waals surface area contributed by atoms with E-state index in [2.05, 4.69) is 10.6 Å². The predicted molar refractivity (Wildman–Crippen MR) is 122 cm³/mol. The standard InChI is InChI=1S/C23H29N3O5S/c27-22(14-9-15-24-23(28)31-18-19-10-3-1-4-11-19)25-20-12-5-6-13-21(20)32(29,30)26-16-7-2-8-17-26/h1,3-6,10-13H,2,7-9,14-18H2,(H,24,28)(H,25,27). The number of rotatable bonds is 9. The summed E-state index contributed by atoms with van der Waals surface area (Å²) in [6, 6.07) is 15.8. The Kier molecular flexibility index (Phi) is 8.64. The van der Waals surface area contributed by atoms with Gasteiger partial charge >= 0.3 is 6.09 Å². The van der Waals surface area contributed by atoms with Crippen LogP contribution < -0.4 is 10.6 Å². The van der Waals surface area contributed by atoms with E-state index in [4.69, 9.17) is 4.74 Å². The molecular formula is C23H29N3O5S. The lowest BCUT2D eigenvalue weighted by molar-refractivity contribution is -0.116. The third-order valence-electron chi connectivity index (χ3n) is 5.16. The molecule has 0 saturated carbocycles. The van der Waals surface area contributed by atoms with E-state index < -0.39 is 16.1 Å². The molecule has 1 saturated heterocycles. The van der Waals surface area contributed by atoms with Gasteiger partial charge in [-0.15, -0.1) is 0 Å². The molecule has 2 N–H and O–H groups in total. The minimum atomic E-state index is -3.66. The van der Waals surface area contributed by atoms with Crippen molar-refractivity contribution >= 4 is 27.7 Å². The number of nitrogens with zero attached hydrogens (tertiary/aromatic N) is 1. The van der Waals surface area contributed by atoms with Gasteiger partial charge in [-0.25, -0.2) is 13.2 Å². The van der Waals surface area contributed by atoms with E-state index in [0.717, 1.165) is 24.8 Å². The fourth-order valence-corrected chi connectivity index (χ4v) is 5.13. The summed E-state index contributed by atoms with van der Waals surface area (Å²) in [6.45, 7) is 1.44. The Labute approximate surface area is 189 Å². The summed E-state index contributed by atoms with van der Waals surface area (Å²) in [4.78, 5) is 24.2. The molecule has 0 aliphatic carbocycles. The third kappa shape index (κ3) is 6.80. The van der Waals surface area contributed by atoms with Crippen molar-refractivity contribution in [2.75, 3.05) is 25.0 Å². The van der Waals surface area contributed by atoms with Gasteiger partial charge in [-0.2, -0.15) is 4.31 Å². The summed E-state index contributed by atoms with van der Waals surface area (Å²) in [5.41, 5.74) is 1.17. The molecule has 2 aromatic rings. The van der Waals surface area contributed by atoms with Crippen molar-refractivity contribution in [3.05, 3.63) is 60.2 Å². The van der Waals surface area contributed by atoms with E-state index in [1.54, 1.807) is 18.2 Å². The molecule has 0 aromatic heterocycles. The number of para-hydroxylation sites is 1. The first-order valence-corrected chi connectivity index (χ1v) is 12.2. The zero-order valence-electron chi connectivity index (χ0n) is 18.0. The first-order valence-electron chi connectivity index (χ1n) is 10.8. The fraction of sp³-hybridized carbons (Fsp3) is 0.391. The number of carbonyl (C=O) groups is 2. The number of nitrogens with one attached hydrogen (secondary N) is 2. The zero-order chi connectivity index (χ0) is 22.8. The minimum absolute atomic E-state index is 0.109. The van der Waals surface area contributed by atoms with Crippen molar-refractivity contribution in [3.63, 3.8) is 0 Å². The van der Waals surface area contributed by atoms with E-state index >= 15 is 0 Å². The summed E-state index contributed by atoms with van der Waals surface area (Å²) in [6.07, 6.45) is 2.69. The predicted octanol–water partition coefficient (Wildman–Crippen LogP) is 3.51. The van der Waals surface area contributed by atoms with Crippen molar-refractivity contribution in [3.8, 4) is 0 Å². The van der Waals surface area contributed by atoms with Crippen LogP contribution in [-0.4, -0.2) is 44.4 Å². The second kappa shape index (κ2) is 11.6. The van der Waals surface area contributed by atoms with Gasteiger partial charge in [0.05, 0.1) is 5.69 Å². The topological polar surface area (TPSA) is 105 Å². The molecule has 3 rings (SSSR count). The summed E-state index contributed by atoms with van der Waals surface area (Å²) < 4.78 is 32.6. The molecule has 9 heteroatoms. The molecule has 1 fully saturated rings. The van der Waals surface area contributed by atoms with Gasteiger partial charge in [-0.1, -0.05) is 48.9 Å². The van der Waals surface area contributed by atoms with Gasteiger partial charge in [0, 0.05) is 26.1 Å². The third-order valence-corrected chi connectivity index (χ3v) is 7.11. The first-order chi connectivity index (χ1) is 15.5. The van der Waals surface area contributed by atoms with Gasteiger partial charge < -0.3 is 15.4 Å². The number of sulfonamides is 1. The van der Waals surface area contributed by atoms with E-state index in [9.17, 15) is 18.0 Å². The number of benzene rings is 2. The van der Waals surface area contributed by atoms with Crippen LogP contribution in [0.15, 0.2) is 59.5 Å². The molecule has 8 nitrogen and oxygen atoms in total. The fourth-order valence-electron chi connectivity index (χ4n) is 3.47. The summed E-state index contributed by atoms with van der Waals surface area (Å²) >= 11 is 0. The average Bonchev–Trinajstić information content (AvgIpc) is 2.82. The number of amides is 2. The average molecular weight is 460 g/mol. The molecular weight excluding hydrogens is 430 g/mol. The van der Waals surface area contributed by atoms with E-state index in [0.29, 0.717) is 19.5 Å². The summed E-state index contributed by atoms with van der Waals surface area (Å²) in [7, 11) is -3.66. The minimum Gasteiger partial charge on any atom is -0.445 e. The number of hydrogen-bond donors (Lipinski definition) is 2. The van der Waals surface area contributed by atoms with Crippen LogP contribution in [0, 0.1) is 0 Å². The number of alkyl carbamates (subject to hydrolysis) is 1. The van der Waals surface area contributed by atoms with Crippen molar-refractivity contribution < 1.29 is 22.7 Å². The number of carbonyl (C=O) groups excluding carboxylic acids is 2. The highest BCUT2D eigenvalue weighted by Gasteiger charge is 2.28. The van der Waals surface area contributed by atoms with Crippen LogP contribution in [0.4, 0.5) is 10.5 Å². The maximum Gasteiger partial charge on any atom is 0.407 e. The second-order valence-electron chi connectivity index (χ2n) is 7.60. The number of anilines is 1. The zero-order valence-corrected chi connectivity index (χ0v) is 18.8. The molecule has 2 aromatic carbocycles. The van der Waals surface area contributed by atoms with Crippen LogP contribution in [0.3, 0.4) is 0 Å². The van der Waals surface area contributed by atoms with Crippen LogP contribution in [0.2, 0.25) is 0 Å². The van der Waals surface area contributed by atoms with Crippen LogP contribution >= 0.6 is 0 Å². The Hall–Kier alpha value is -2.91. The molecule has 0 bridgehead atoms. The number of piperidine rings is 1. The van der Waals surface area contributed by atoms with E-state index in [1.165, 1.54) is 10.4 Å². The largest absolute Gasteiger partial charge is 0.445 e. The highest BCUT2D eigenvalue weighted by atomic mass is 32.2. The maximum absolute atomic E-state index is 13.0. The molecule has 1 aliphatic heterocycles. The van der Waals surface area contributed by atoms with Crippen LogP contribution in [0.25, 0.3) is 0 Å². The first kappa shape index (κ1) is 23.7. The highest BCUT2D eigenvalue weighted by molar-refractivity contribution is 7.89. The summed E-state index contributed by atoms with van der Waals surface area (Å²) in [5.74, 6) is -0.314. The van der Waals surface area contributed by atoms with Crippen molar-refractivity contribution in [2.24, 2.45) is 0 Å². The van der Waals surface area contributed by atoms with Crippen molar-refractivity contribution in [2.45, 2.75) is 43.6 Å². The van der Waals surface area contributed by atoms with Gasteiger partial charge in [-0.05, 0) is 37.0 Å². The molecule has 0 atom stereocenters. The monoisotopic (exact) mass is 459 g/mol. The molecule has 32 heavy (non-hydrogen) atoms. The Balaban J connectivity index is 1.45. The Bertz CT molecular complexity index is 1010. The van der Waals surface area contributed by atoms with Gasteiger partial charge in [0.2, 0.25) is 15.9 Å². The summed E-state index contributed by atoms with van der Waals surface area (Å²) in [5, 5.41) is 5.31. The molecule has 1 aliphatic rings. The Morgan fingerprint density at radius 1 is 0.938 bits per heavy atom. The number of ether oxygens (including phenoxy) is 1. The molecule has 0 unspecified atom stereocenters. The molecule has 0 radical (unpaired) electrons. The van der Waals surface area contributed by atoms with Gasteiger partial charge in [-0.3, -0.25) is 4.79 Å². The van der Waals surface area contributed by atoms with Gasteiger partial charge in [0.1, 0.15) is 11.5 Å². The van der Waals surface area contributed by atoms with Crippen LogP contribution in [0.5, 0.6) is 0 Å².